The molecule has 3 aromatic rings. The molecule has 2 fully saturated rings. The molecule has 2 saturated carbocycles. The maximum absolute atomic E-state index is 10.6. The number of rotatable bonds is 9. The molecule has 0 spiro atoms. The second-order valence-electron chi connectivity index (χ2n) is 9.38. The Morgan fingerprint density at radius 1 is 1.09 bits per heavy atom. The van der Waals surface area contributed by atoms with E-state index in [2.05, 4.69) is 25.9 Å². The summed E-state index contributed by atoms with van der Waals surface area (Å²) in [6.07, 6.45) is 2.71. The smallest absolute Gasteiger partial charge is 0.224 e. The van der Waals surface area contributed by atoms with E-state index in [-0.39, 0.29) is 6.61 Å². The van der Waals surface area contributed by atoms with E-state index >= 15 is 0 Å². The van der Waals surface area contributed by atoms with Crippen LogP contribution in [0.25, 0.3) is 11.3 Å². The third-order valence-corrected chi connectivity index (χ3v) is 6.68. The van der Waals surface area contributed by atoms with Crippen molar-refractivity contribution < 1.29 is 15.3 Å². The molecule has 0 amide bonds. The molecule has 2 aliphatic carbocycles. The lowest BCUT2D eigenvalue weighted by Gasteiger charge is -2.21. The molecule has 2 heterocycles. The quantitative estimate of drug-likeness (QED) is 0.317. The monoisotopic (exact) mass is 465 g/mol. The lowest BCUT2D eigenvalue weighted by molar-refractivity contribution is 0.00446. The van der Waals surface area contributed by atoms with E-state index in [0.29, 0.717) is 41.9 Å². The van der Waals surface area contributed by atoms with Gasteiger partial charge in [0.25, 0.3) is 0 Å². The highest BCUT2D eigenvalue weighted by Gasteiger charge is 2.41. The number of aromatic nitrogens is 5. The Labute approximate surface area is 198 Å². The first-order valence-corrected chi connectivity index (χ1v) is 11.8. The van der Waals surface area contributed by atoms with Crippen molar-refractivity contribution in [3.05, 3.63) is 47.8 Å². The molecule has 0 aliphatic heterocycles. The van der Waals surface area contributed by atoms with Gasteiger partial charge in [0.15, 0.2) is 0 Å². The standard InChI is InChI=1S/C24H31N7O3/c1-14-20(19-12-31(30-29-19)11-16-5-3-2-4-6-16)23(28-24(26-14)25-10-15-7-8-15)27-18-9-17(13-32)21(33)22(18)34/h2-6,12,15,17-18,21-22,32-34H,7-11,13H2,1H3,(H2,25,26,27,28)/t17-,18-,21-,22+/m1/s1. The van der Waals surface area contributed by atoms with Crippen molar-refractivity contribution >= 4 is 11.8 Å². The number of anilines is 2. The lowest BCUT2D eigenvalue weighted by atomic mass is 10.1. The normalized spacial score (nSPS) is 24.4. The summed E-state index contributed by atoms with van der Waals surface area (Å²) in [5.41, 5.74) is 3.17. The maximum atomic E-state index is 10.6. The molecule has 10 heteroatoms. The van der Waals surface area contributed by atoms with Gasteiger partial charge in [0.1, 0.15) is 17.6 Å². The highest BCUT2D eigenvalue weighted by Crippen LogP contribution is 2.34. The van der Waals surface area contributed by atoms with Crippen molar-refractivity contribution in [2.24, 2.45) is 11.8 Å². The van der Waals surface area contributed by atoms with Crippen molar-refractivity contribution in [3.8, 4) is 11.3 Å². The average molecular weight is 466 g/mol. The van der Waals surface area contributed by atoms with Gasteiger partial charge in [0, 0.05) is 19.1 Å². The zero-order valence-corrected chi connectivity index (χ0v) is 19.2. The van der Waals surface area contributed by atoms with Crippen LogP contribution in [-0.4, -0.2) is 71.7 Å². The third kappa shape index (κ3) is 4.89. The van der Waals surface area contributed by atoms with E-state index in [1.165, 1.54) is 12.8 Å². The molecule has 2 aliphatic rings. The molecule has 5 N–H and O–H groups in total. The summed E-state index contributed by atoms with van der Waals surface area (Å²) >= 11 is 0. The van der Waals surface area contributed by atoms with Crippen LogP contribution in [0, 0.1) is 18.8 Å². The molecule has 0 radical (unpaired) electrons. The van der Waals surface area contributed by atoms with Gasteiger partial charge < -0.3 is 26.0 Å². The summed E-state index contributed by atoms with van der Waals surface area (Å²) in [4.78, 5) is 9.36. The van der Waals surface area contributed by atoms with Gasteiger partial charge in [-0.1, -0.05) is 35.5 Å². The van der Waals surface area contributed by atoms with Crippen LogP contribution in [-0.2, 0) is 6.54 Å². The first-order valence-electron chi connectivity index (χ1n) is 11.8. The molecule has 2 aromatic heterocycles. The third-order valence-electron chi connectivity index (χ3n) is 6.68. The molecule has 4 atom stereocenters. The van der Waals surface area contributed by atoms with Gasteiger partial charge in [-0.25, -0.2) is 9.67 Å². The van der Waals surface area contributed by atoms with Gasteiger partial charge in [0.2, 0.25) is 5.95 Å². The molecule has 5 rings (SSSR count). The number of aryl methyl sites for hydroxylation is 1. The van der Waals surface area contributed by atoms with E-state index in [1.807, 2.05) is 43.5 Å². The summed E-state index contributed by atoms with van der Waals surface area (Å²) in [7, 11) is 0. The van der Waals surface area contributed by atoms with Crippen LogP contribution in [0.5, 0.6) is 0 Å². The van der Waals surface area contributed by atoms with Gasteiger partial charge >= 0.3 is 0 Å². The van der Waals surface area contributed by atoms with Crippen molar-refractivity contribution in [1.29, 1.82) is 0 Å². The van der Waals surface area contributed by atoms with Crippen molar-refractivity contribution in [3.63, 3.8) is 0 Å². The van der Waals surface area contributed by atoms with Crippen LogP contribution >= 0.6 is 0 Å². The van der Waals surface area contributed by atoms with E-state index in [4.69, 9.17) is 4.98 Å². The van der Waals surface area contributed by atoms with Gasteiger partial charge in [-0.05, 0) is 37.7 Å². The average Bonchev–Trinajstić information content (AvgIpc) is 3.50. The molecule has 34 heavy (non-hydrogen) atoms. The first-order chi connectivity index (χ1) is 16.5. The van der Waals surface area contributed by atoms with E-state index in [9.17, 15) is 15.3 Å². The largest absolute Gasteiger partial charge is 0.396 e. The minimum atomic E-state index is -1.02. The Morgan fingerprint density at radius 2 is 1.88 bits per heavy atom. The van der Waals surface area contributed by atoms with Gasteiger partial charge in [-0.15, -0.1) is 5.10 Å². The number of hydrogen-bond acceptors (Lipinski definition) is 9. The summed E-state index contributed by atoms with van der Waals surface area (Å²) in [5.74, 6) is 1.31. The fourth-order valence-electron chi connectivity index (χ4n) is 4.51. The van der Waals surface area contributed by atoms with Crippen LogP contribution in [0.2, 0.25) is 0 Å². The Kier molecular flexibility index (Phi) is 6.44. The first kappa shape index (κ1) is 22.7. The Hall–Kier alpha value is -3.08. The number of aliphatic hydroxyl groups is 3. The van der Waals surface area contributed by atoms with E-state index < -0.39 is 24.2 Å². The molecular weight excluding hydrogens is 434 g/mol. The SMILES string of the molecule is Cc1nc(NCC2CC2)nc(N[C@@H]2C[C@H](CO)[C@@H](O)[C@H]2O)c1-c1cn(Cc2ccccc2)nn1. The number of aliphatic hydroxyl groups excluding tert-OH is 3. The van der Waals surface area contributed by atoms with Gasteiger partial charge in [-0.3, -0.25) is 0 Å². The van der Waals surface area contributed by atoms with Crippen LogP contribution < -0.4 is 10.6 Å². The lowest BCUT2D eigenvalue weighted by Crippen LogP contribution is -2.35. The second-order valence-corrected chi connectivity index (χ2v) is 9.38. The predicted molar refractivity (Wildman–Crippen MR) is 127 cm³/mol. The minimum Gasteiger partial charge on any atom is -0.396 e. The number of benzene rings is 1. The zero-order valence-electron chi connectivity index (χ0n) is 19.2. The minimum absolute atomic E-state index is 0.186. The molecule has 10 nitrogen and oxygen atoms in total. The Bertz CT molecular complexity index is 1120. The fraction of sp³-hybridized carbons (Fsp3) is 0.500. The van der Waals surface area contributed by atoms with Crippen molar-refractivity contribution in [2.75, 3.05) is 23.8 Å². The van der Waals surface area contributed by atoms with E-state index in [0.717, 1.165) is 17.8 Å². The zero-order chi connectivity index (χ0) is 23.7. The van der Waals surface area contributed by atoms with Crippen LogP contribution in [0.3, 0.4) is 0 Å². The van der Waals surface area contributed by atoms with Gasteiger partial charge in [0.05, 0.1) is 36.1 Å². The number of hydrogen-bond donors (Lipinski definition) is 5. The van der Waals surface area contributed by atoms with Crippen LogP contribution in [0.1, 0.15) is 30.5 Å². The summed E-state index contributed by atoms with van der Waals surface area (Å²) in [5, 5.41) is 45.7. The predicted octanol–water partition coefficient (Wildman–Crippen LogP) is 1.43. The summed E-state index contributed by atoms with van der Waals surface area (Å²) in [6.45, 7) is 3.12. The number of nitrogens with zero attached hydrogens (tertiary/aromatic N) is 5. The van der Waals surface area contributed by atoms with Gasteiger partial charge in [-0.2, -0.15) is 4.98 Å². The Morgan fingerprint density at radius 3 is 2.59 bits per heavy atom. The fourth-order valence-corrected chi connectivity index (χ4v) is 4.51. The summed E-state index contributed by atoms with van der Waals surface area (Å²) < 4.78 is 1.77. The molecule has 0 saturated heterocycles. The number of nitrogens with one attached hydrogen (secondary N) is 2. The Balaban J connectivity index is 1.44. The molecule has 1 aromatic carbocycles. The van der Waals surface area contributed by atoms with Crippen molar-refractivity contribution in [2.45, 2.75) is 51.0 Å². The van der Waals surface area contributed by atoms with Crippen molar-refractivity contribution in [1.82, 2.24) is 25.0 Å². The van der Waals surface area contributed by atoms with E-state index in [1.54, 1.807) is 4.68 Å². The summed E-state index contributed by atoms with van der Waals surface area (Å²) in [6, 6.07) is 9.56. The molecule has 0 unspecified atom stereocenters. The van der Waals surface area contributed by atoms with Crippen LogP contribution in [0.4, 0.5) is 11.8 Å². The molecule has 180 valence electrons. The maximum Gasteiger partial charge on any atom is 0.224 e. The highest BCUT2D eigenvalue weighted by atomic mass is 16.3. The molecule has 0 bridgehead atoms. The second kappa shape index (κ2) is 9.65. The van der Waals surface area contributed by atoms with Crippen LogP contribution in [0.15, 0.2) is 36.5 Å². The topological polar surface area (TPSA) is 141 Å². The highest BCUT2D eigenvalue weighted by molar-refractivity contribution is 5.75. The molecular formula is C24H31N7O3.